The summed E-state index contributed by atoms with van der Waals surface area (Å²) in [4.78, 5) is 8.91. The summed E-state index contributed by atoms with van der Waals surface area (Å²) in [5, 5.41) is 0. The highest BCUT2D eigenvalue weighted by atomic mass is 16.5. The summed E-state index contributed by atoms with van der Waals surface area (Å²) in [5.74, 6) is 1.65. The molecule has 4 aromatic rings. The predicted octanol–water partition coefficient (Wildman–Crippen LogP) is 5.34. The van der Waals surface area contributed by atoms with E-state index in [0.29, 0.717) is 0 Å². The average molecular weight is 396 g/mol. The summed E-state index contributed by atoms with van der Waals surface area (Å²) in [7, 11) is 3.39. The predicted molar refractivity (Wildman–Crippen MR) is 119 cm³/mol. The second kappa shape index (κ2) is 9.23. The van der Waals surface area contributed by atoms with Crippen LogP contribution in [-0.2, 0) is 12.8 Å². The van der Waals surface area contributed by atoms with E-state index in [0.717, 1.165) is 58.0 Å². The minimum Gasteiger partial charge on any atom is -0.497 e. The van der Waals surface area contributed by atoms with Crippen LogP contribution in [0, 0.1) is 0 Å². The van der Waals surface area contributed by atoms with Gasteiger partial charge in [-0.05, 0) is 70.8 Å². The van der Waals surface area contributed by atoms with Crippen LogP contribution in [0.3, 0.4) is 0 Å². The molecule has 4 rings (SSSR count). The summed E-state index contributed by atoms with van der Waals surface area (Å²) < 4.78 is 11.2. The zero-order chi connectivity index (χ0) is 20.8. The molecule has 2 heterocycles. The van der Waals surface area contributed by atoms with Crippen molar-refractivity contribution in [1.29, 1.82) is 0 Å². The number of nitrogens with zero attached hydrogens (tertiary/aromatic N) is 2. The largest absolute Gasteiger partial charge is 0.497 e. The molecule has 0 N–H and O–H groups in total. The lowest BCUT2D eigenvalue weighted by Gasteiger charge is -2.13. The minimum atomic E-state index is 0.746. The molecule has 0 aliphatic carbocycles. The molecule has 0 unspecified atom stereocenters. The zero-order valence-corrected chi connectivity index (χ0v) is 17.2. The summed E-state index contributed by atoms with van der Waals surface area (Å²) >= 11 is 0. The Morgan fingerprint density at radius 2 is 1.07 bits per heavy atom. The van der Waals surface area contributed by atoms with Gasteiger partial charge in [0.05, 0.1) is 14.2 Å². The summed E-state index contributed by atoms with van der Waals surface area (Å²) in [6, 6.07) is 24.6. The molecule has 0 atom stereocenters. The Morgan fingerprint density at radius 3 is 1.43 bits per heavy atom. The van der Waals surface area contributed by atoms with E-state index in [4.69, 9.17) is 9.47 Å². The number of pyridine rings is 2. The molecule has 0 fully saturated rings. The maximum atomic E-state index is 5.58. The number of aromatic nitrogens is 2. The maximum absolute atomic E-state index is 5.58. The van der Waals surface area contributed by atoms with E-state index in [2.05, 4.69) is 46.4 Å². The Balaban J connectivity index is 1.71. The molecule has 150 valence electrons. The molecule has 0 spiro atoms. The lowest BCUT2D eigenvalue weighted by atomic mass is 9.97. The standard InChI is InChI=1S/C26H24N2O2/c1-29-25-15-19(13-23-7-3-5-9-27-23)11-21(17-25)22-12-20(16-26(18-22)30-2)14-24-8-4-6-10-28-24/h3-12,15-18H,13-14H2,1-2H3. The number of rotatable bonds is 7. The van der Waals surface area contributed by atoms with Crippen LogP contribution < -0.4 is 9.47 Å². The van der Waals surface area contributed by atoms with Gasteiger partial charge in [0.2, 0.25) is 0 Å². The van der Waals surface area contributed by atoms with Crippen LogP contribution >= 0.6 is 0 Å². The average Bonchev–Trinajstić information content (AvgIpc) is 2.80. The van der Waals surface area contributed by atoms with Crippen molar-refractivity contribution in [2.24, 2.45) is 0 Å². The van der Waals surface area contributed by atoms with Gasteiger partial charge in [-0.2, -0.15) is 0 Å². The highest BCUT2D eigenvalue weighted by Gasteiger charge is 2.09. The van der Waals surface area contributed by atoms with Gasteiger partial charge >= 0.3 is 0 Å². The van der Waals surface area contributed by atoms with Gasteiger partial charge in [0, 0.05) is 36.6 Å². The summed E-state index contributed by atoms with van der Waals surface area (Å²) in [6.45, 7) is 0. The van der Waals surface area contributed by atoms with Gasteiger partial charge in [-0.1, -0.05) is 24.3 Å². The third-order valence-corrected chi connectivity index (χ3v) is 4.96. The highest BCUT2D eigenvalue weighted by Crippen LogP contribution is 2.31. The lowest BCUT2D eigenvalue weighted by molar-refractivity contribution is 0.413. The molecule has 0 aliphatic rings. The Hall–Kier alpha value is -3.66. The smallest absolute Gasteiger partial charge is 0.119 e. The van der Waals surface area contributed by atoms with Crippen molar-refractivity contribution < 1.29 is 9.47 Å². The molecule has 2 aromatic heterocycles. The fourth-order valence-corrected chi connectivity index (χ4v) is 3.52. The molecular formula is C26H24N2O2. The van der Waals surface area contributed by atoms with E-state index in [-0.39, 0.29) is 0 Å². The van der Waals surface area contributed by atoms with Crippen LogP contribution in [-0.4, -0.2) is 24.2 Å². The van der Waals surface area contributed by atoms with Gasteiger partial charge in [-0.15, -0.1) is 0 Å². The Morgan fingerprint density at radius 1 is 0.600 bits per heavy atom. The normalized spacial score (nSPS) is 10.6. The Labute approximate surface area is 177 Å². The van der Waals surface area contributed by atoms with Crippen LogP contribution in [0.2, 0.25) is 0 Å². The van der Waals surface area contributed by atoms with E-state index >= 15 is 0 Å². The van der Waals surface area contributed by atoms with Crippen molar-refractivity contribution in [2.75, 3.05) is 14.2 Å². The summed E-state index contributed by atoms with van der Waals surface area (Å²) in [6.07, 6.45) is 5.14. The van der Waals surface area contributed by atoms with Crippen LogP contribution in [0.4, 0.5) is 0 Å². The molecular weight excluding hydrogens is 372 g/mol. The van der Waals surface area contributed by atoms with Crippen molar-refractivity contribution in [3.63, 3.8) is 0 Å². The van der Waals surface area contributed by atoms with Crippen molar-refractivity contribution in [3.05, 3.63) is 108 Å². The molecule has 0 saturated heterocycles. The number of hydrogen-bond acceptors (Lipinski definition) is 4. The fourth-order valence-electron chi connectivity index (χ4n) is 3.52. The van der Waals surface area contributed by atoms with E-state index in [1.165, 1.54) is 0 Å². The second-order valence-corrected chi connectivity index (χ2v) is 7.14. The van der Waals surface area contributed by atoms with Crippen LogP contribution in [0.15, 0.2) is 85.2 Å². The van der Waals surface area contributed by atoms with Gasteiger partial charge in [0.25, 0.3) is 0 Å². The van der Waals surface area contributed by atoms with E-state index in [1.54, 1.807) is 14.2 Å². The van der Waals surface area contributed by atoms with Gasteiger partial charge in [0.1, 0.15) is 11.5 Å². The highest BCUT2D eigenvalue weighted by molar-refractivity contribution is 5.69. The van der Waals surface area contributed by atoms with Gasteiger partial charge in [-0.25, -0.2) is 0 Å². The Kier molecular flexibility index (Phi) is 6.04. The van der Waals surface area contributed by atoms with Crippen molar-refractivity contribution in [3.8, 4) is 22.6 Å². The Bertz CT molecular complexity index is 1020. The number of methoxy groups -OCH3 is 2. The van der Waals surface area contributed by atoms with Gasteiger partial charge in [0.15, 0.2) is 0 Å². The molecule has 0 radical (unpaired) electrons. The number of hydrogen-bond donors (Lipinski definition) is 0. The van der Waals surface area contributed by atoms with Crippen molar-refractivity contribution in [1.82, 2.24) is 9.97 Å². The molecule has 0 aliphatic heterocycles. The van der Waals surface area contributed by atoms with E-state index < -0.39 is 0 Å². The number of benzene rings is 2. The quantitative estimate of drug-likeness (QED) is 0.423. The number of ether oxygens (including phenoxy) is 2. The molecule has 0 amide bonds. The monoisotopic (exact) mass is 396 g/mol. The molecule has 0 saturated carbocycles. The van der Waals surface area contributed by atoms with E-state index in [9.17, 15) is 0 Å². The second-order valence-electron chi connectivity index (χ2n) is 7.14. The first-order valence-electron chi connectivity index (χ1n) is 9.89. The van der Waals surface area contributed by atoms with Gasteiger partial charge in [-0.3, -0.25) is 9.97 Å². The molecule has 4 heteroatoms. The third-order valence-electron chi connectivity index (χ3n) is 4.96. The SMILES string of the molecule is COc1cc(Cc2ccccn2)cc(-c2cc(Cc3ccccn3)cc(OC)c2)c1. The van der Waals surface area contributed by atoms with E-state index in [1.807, 2.05) is 48.8 Å². The van der Waals surface area contributed by atoms with Crippen LogP contribution in [0.25, 0.3) is 11.1 Å². The van der Waals surface area contributed by atoms with Crippen molar-refractivity contribution in [2.45, 2.75) is 12.8 Å². The van der Waals surface area contributed by atoms with Crippen LogP contribution in [0.1, 0.15) is 22.5 Å². The first kappa shape index (κ1) is 19.6. The molecule has 4 nitrogen and oxygen atoms in total. The lowest BCUT2D eigenvalue weighted by Crippen LogP contribution is -1.96. The fraction of sp³-hybridized carbons (Fsp3) is 0.154. The summed E-state index contributed by atoms with van der Waals surface area (Å²) in [5.41, 5.74) is 6.52. The van der Waals surface area contributed by atoms with Crippen LogP contribution in [0.5, 0.6) is 11.5 Å². The van der Waals surface area contributed by atoms with Gasteiger partial charge < -0.3 is 9.47 Å². The third kappa shape index (κ3) is 4.84. The first-order valence-corrected chi connectivity index (χ1v) is 9.89. The molecule has 0 bridgehead atoms. The van der Waals surface area contributed by atoms with Crippen molar-refractivity contribution >= 4 is 0 Å². The minimum absolute atomic E-state index is 0.746. The maximum Gasteiger partial charge on any atom is 0.119 e. The molecule has 30 heavy (non-hydrogen) atoms. The topological polar surface area (TPSA) is 44.2 Å². The molecule has 2 aromatic carbocycles. The first-order chi connectivity index (χ1) is 14.7. The zero-order valence-electron chi connectivity index (χ0n) is 17.2.